The van der Waals surface area contributed by atoms with Gasteiger partial charge in [0.05, 0.1) is 5.56 Å². The predicted molar refractivity (Wildman–Crippen MR) is 134 cm³/mol. The molecule has 1 atom stereocenters. The lowest BCUT2D eigenvalue weighted by atomic mass is 10.1. The van der Waals surface area contributed by atoms with Crippen LogP contribution >= 0.6 is 27.7 Å². The number of halogens is 1. The zero-order chi connectivity index (χ0) is 23.9. The van der Waals surface area contributed by atoms with Gasteiger partial charge in [0.1, 0.15) is 5.75 Å². The number of hydrogen-bond acceptors (Lipinski definition) is 8. The summed E-state index contributed by atoms with van der Waals surface area (Å²) in [5, 5.41) is 21.8. The number of carbonyl (C=O) groups is 1. The van der Waals surface area contributed by atoms with E-state index in [9.17, 15) is 4.79 Å². The molecule has 10 heteroatoms. The summed E-state index contributed by atoms with van der Waals surface area (Å²) in [7, 11) is 0. The number of para-hydroxylation sites is 1. The second kappa shape index (κ2) is 11.5. The van der Waals surface area contributed by atoms with E-state index in [1.54, 1.807) is 23.9 Å². The maximum atomic E-state index is 11.1. The largest absolute Gasteiger partial charge is 0.481 e. The molecule has 1 aliphatic heterocycles. The second-order valence-electron chi connectivity index (χ2n) is 7.71. The fourth-order valence-electron chi connectivity index (χ4n) is 3.53. The van der Waals surface area contributed by atoms with Crippen molar-refractivity contribution in [3.05, 3.63) is 52.5 Å². The Morgan fingerprint density at radius 1 is 1.21 bits per heavy atom. The first-order chi connectivity index (χ1) is 16.5. The highest BCUT2D eigenvalue weighted by atomic mass is 79.9. The van der Waals surface area contributed by atoms with Gasteiger partial charge in [-0.05, 0) is 36.8 Å². The summed E-state index contributed by atoms with van der Waals surface area (Å²) in [4.78, 5) is 15.7. The maximum absolute atomic E-state index is 11.1. The molecule has 2 aromatic carbocycles. The van der Waals surface area contributed by atoms with Gasteiger partial charge in [0.2, 0.25) is 17.3 Å². The Labute approximate surface area is 210 Å². The molecule has 8 nitrogen and oxygen atoms in total. The van der Waals surface area contributed by atoms with Crippen molar-refractivity contribution in [2.75, 3.05) is 17.7 Å². The van der Waals surface area contributed by atoms with Gasteiger partial charge in [-0.2, -0.15) is 4.98 Å². The van der Waals surface area contributed by atoms with Crippen LogP contribution in [0.3, 0.4) is 0 Å². The van der Waals surface area contributed by atoms with Crippen molar-refractivity contribution in [2.24, 2.45) is 0 Å². The Hall–Kier alpha value is -2.85. The van der Waals surface area contributed by atoms with Crippen molar-refractivity contribution in [3.63, 3.8) is 0 Å². The number of unbranched alkanes of at least 4 members (excludes halogenated alkanes) is 3. The molecule has 0 aliphatic carbocycles. The van der Waals surface area contributed by atoms with Gasteiger partial charge in [-0.25, -0.2) is 4.79 Å². The minimum atomic E-state index is -1.05. The van der Waals surface area contributed by atoms with Crippen LogP contribution in [-0.4, -0.2) is 38.6 Å². The molecule has 0 spiro atoms. The number of aromatic nitrogens is 3. The molecule has 0 bridgehead atoms. The minimum absolute atomic E-state index is 0.355. The number of nitrogens with zero attached hydrogens (tertiary/aromatic N) is 3. The van der Waals surface area contributed by atoms with E-state index >= 15 is 0 Å². The van der Waals surface area contributed by atoms with Gasteiger partial charge in [-0.15, -0.1) is 10.2 Å². The van der Waals surface area contributed by atoms with Gasteiger partial charge in [-0.1, -0.05) is 66.0 Å². The smallest absolute Gasteiger partial charge is 0.341 e. The molecule has 0 fully saturated rings. The van der Waals surface area contributed by atoms with Gasteiger partial charge in [0, 0.05) is 21.5 Å². The van der Waals surface area contributed by atoms with Crippen LogP contribution in [0.25, 0.3) is 11.3 Å². The topological polar surface area (TPSA) is 106 Å². The summed E-state index contributed by atoms with van der Waals surface area (Å²) < 4.78 is 12.7. The average molecular weight is 545 g/mol. The number of carboxylic acid groups (broad SMARTS) is 1. The first-order valence-corrected chi connectivity index (χ1v) is 12.9. The second-order valence-corrected chi connectivity index (χ2v) is 9.69. The highest BCUT2D eigenvalue weighted by Gasteiger charge is 2.28. The van der Waals surface area contributed by atoms with Crippen LogP contribution in [0.4, 0.5) is 5.69 Å². The maximum Gasteiger partial charge on any atom is 0.341 e. The molecule has 34 heavy (non-hydrogen) atoms. The molecule has 0 radical (unpaired) electrons. The zero-order valence-corrected chi connectivity index (χ0v) is 21.1. The summed E-state index contributed by atoms with van der Waals surface area (Å²) in [6.07, 6.45) is 4.00. The lowest BCUT2D eigenvalue weighted by Gasteiger charge is -2.21. The number of hydrogen-bond donors (Lipinski definition) is 2. The standard InChI is InChI=1S/C24H25BrN4O4S/c1-2-3-4-7-12-34-24-27-23-21(28-29-24)17-13-15(25)10-11-18(17)26-22(33-23)16-8-5-6-9-19(16)32-14-20(30)31/h5-6,8-11,13,22,26H,2-4,7,12,14H2,1H3,(H,30,31). The van der Waals surface area contributed by atoms with Crippen molar-refractivity contribution in [3.8, 4) is 22.9 Å². The van der Waals surface area contributed by atoms with E-state index < -0.39 is 18.8 Å². The molecule has 3 aromatic rings. The van der Waals surface area contributed by atoms with Gasteiger partial charge in [0.25, 0.3) is 0 Å². The van der Waals surface area contributed by atoms with Crippen LogP contribution in [-0.2, 0) is 4.79 Å². The number of anilines is 1. The van der Waals surface area contributed by atoms with E-state index in [1.165, 1.54) is 19.3 Å². The normalized spacial score (nSPS) is 14.2. The predicted octanol–water partition coefficient (Wildman–Crippen LogP) is 5.94. The fraction of sp³-hybridized carbons (Fsp3) is 0.333. The summed E-state index contributed by atoms with van der Waals surface area (Å²) in [5.41, 5.74) is 2.77. The van der Waals surface area contributed by atoms with Crippen molar-refractivity contribution >= 4 is 39.3 Å². The van der Waals surface area contributed by atoms with E-state index in [-0.39, 0.29) is 0 Å². The highest BCUT2D eigenvalue weighted by molar-refractivity contribution is 9.10. The van der Waals surface area contributed by atoms with Crippen molar-refractivity contribution in [2.45, 2.75) is 44.0 Å². The van der Waals surface area contributed by atoms with Gasteiger partial charge in [-0.3, -0.25) is 0 Å². The molecule has 1 aliphatic rings. The third-order valence-corrected chi connectivity index (χ3v) is 6.59. The number of ether oxygens (including phenoxy) is 2. The lowest BCUT2D eigenvalue weighted by Crippen LogP contribution is -2.19. The molecular formula is C24H25BrN4O4S. The van der Waals surface area contributed by atoms with E-state index in [4.69, 9.17) is 14.6 Å². The van der Waals surface area contributed by atoms with Gasteiger partial charge >= 0.3 is 5.97 Å². The van der Waals surface area contributed by atoms with E-state index in [2.05, 4.69) is 43.4 Å². The first kappa shape index (κ1) is 24.3. The van der Waals surface area contributed by atoms with Crippen molar-refractivity contribution in [1.29, 1.82) is 0 Å². The molecular weight excluding hydrogens is 520 g/mol. The third kappa shape index (κ3) is 5.98. The van der Waals surface area contributed by atoms with Crippen LogP contribution in [0, 0.1) is 0 Å². The van der Waals surface area contributed by atoms with Gasteiger partial charge in [0.15, 0.2) is 12.3 Å². The number of fused-ring (bicyclic) bond motifs is 3. The Morgan fingerprint density at radius 2 is 2.06 bits per heavy atom. The van der Waals surface area contributed by atoms with E-state index in [0.29, 0.717) is 28.0 Å². The number of thioether (sulfide) groups is 1. The van der Waals surface area contributed by atoms with Crippen molar-refractivity contribution in [1.82, 2.24) is 15.2 Å². The summed E-state index contributed by atoms with van der Waals surface area (Å²) in [6.45, 7) is 1.74. The Bertz CT molecular complexity index is 1160. The SMILES string of the molecule is CCCCCCSc1nnc2c(n1)OC(c1ccccc1OCC(=O)O)Nc1ccc(Br)cc1-2. The van der Waals surface area contributed by atoms with E-state index in [0.717, 1.165) is 27.9 Å². The van der Waals surface area contributed by atoms with Crippen LogP contribution < -0.4 is 14.8 Å². The zero-order valence-electron chi connectivity index (χ0n) is 18.7. The molecule has 1 aromatic heterocycles. The Balaban J connectivity index is 1.67. The van der Waals surface area contributed by atoms with Gasteiger partial charge < -0.3 is 19.9 Å². The lowest BCUT2D eigenvalue weighted by molar-refractivity contribution is -0.139. The van der Waals surface area contributed by atoms with E-state index in [1.807, 2.05) is 30.3 Å². The monoisotopic (exact) mass is 544 g/mol. The summed E-state index contributed by atoms with van der Waals surface area (Å²) >= 11 is 5.09. The molecule has 0 amide bonds. The highest BCUT2D eigenvalue weighted by Crippen LogP contribution is 2.42. The number of rotatable bonds is 10. The van der Waals surface area contributed by atoms with Crippen LogP contribution in [0.15, 0.2) is 52.1 Å². The molecule has 4 rings (SSSR count). The Kier molecular flexibility index (Phi) is 8.23. The molecule has 178 valence electrons. The quantitative estimate of drug-likeness (QED) is 0.236. The minimum Gasteiger partial charge on any atom is -0.481 e. The molecule has 2 N–H and O–H groups in total. The first-order valence-electron chi connectivity index (χ1n) is 11.1. The van der Waals surface area contributed by atoms with Crippen molar-refractivity contribution < 1.29 is 19.4 Å². The number of benzene rings is 2. The van der Waals surface area contributed by atoms with Crippen LogP contribution in [0.2, 0.25) is 0 Å². The third-order valence-electron chi connectivity index (χ3n) is 5.17. The number of aliphatic carboxylic acids is 1. The van der Waals surface area contributed by atoms with Crippen LogP contribution in [0.1, 0.15) is 44.4 Å². The summed E-state index contributed by atoms with van der Waals surface area (Å²) in [5.74, 6) is 0.629. The Morgan fingerprint density at radius 3 is 2.88 bits per heavy atom. The molecule has 2 heterocycles. The fourth-order valence-corrected chi connectivity index (χ4v) is 4.67. The molecule has 0 saturated carbocycles. The van der Waals surface area contributed by atoms with Crippen LogP contribution in [0.5, 0.6) is 11.6 Å². The number of nitrogens with one attached hydrogen (secondary N) is 1. The average Bonchev–Trinajstić information content (AvgIpc) is 2.99. The number of carboxylic acids is 1. The molecule has 0 saturated heterocycles. The summed E-state index contributed by atoms with van der Waals surface area (Å²) in [6, 6.07) is 13.0. The molecule has 1 unspecified atom stereocenters.